The maximum Gasteiger partial charge on any atom is 0.416 e. The molecule has 0 saturated carbocycles. The number of nitrogens with zero attached hydrogens (tertiary/aromatic N) is 4. The molecule has 1 aromatic carbocycles. The number of thioether (sulfide) groups is 1. The maximum atomic E-state index is 13.0. The number of alkyl halides is 3. The third-order valence-electron chi connectivity index (χ3n) is 3.28. The number of aryl methyl sites for hydroxylation is 2. The Morgan fingerprint density at radius 2 is 1.87 bits per heavy atom. The van der Waals surface area contributed by atoms with Gasteiger partial charge in [0.1, 0.15) is 0 Å². The number of benzene rings is 1. The van der Waals surface area contributed by atoms with Crippen molar-refractivity contribution in [1.82, 2.24) is 19.6 Å². The summed E-state index contributed by atoms with van der Waals surface area (Å²) < 4.78 is 40.5. The third kappa shape index (κ3) is 3.31. The number of halogens is 3. The van der Waals surface area contributed by atoms with Crippen LogP contribution >= 0.6 is 11.8 Å². The summed E-state index contributed by atoms with van der Waals surface area (Å²) in [5, 5.41) is 4.69. The van der Waals surface area contributed by atoms with Crippen molar-refractivity contribution >= 4 is 17.5 Å². The van der Waals surface area contributed by atoms with Crippen molar-refractivity contribution in [2.24, 2.45) is 0 Å². The minimum absolute atomic E-state index is 0.143. The molecule has 0 amide bonds. The van der Waals surface area contributed by atoms with Crippen molar-refractivity contribution in [2.75, 3.05) is 0 Å². The summed E-state index contributed by atoms with van der Waals surface area (Å²) in [7, 11) is 0. The van der Waals surface area contributed by atoms with E-state index in [9.17, 15) is 13.2 Å². The van der Waals surface area contributed by atoms with Gasteiger partial charge in [-0.1, -0.05) is 30.0 Å². The normalized spacial score (nSPS) is 12.0. The number of fused-ring (bicyclic) bond motifs is 1. The highest BCUT2D eigenvalue weighted by Crippen LogP contribution is 2.34. The van der Waals surface area contributed by atoms with Gasteiger partial charge in [-0.3, -0.25) is 0 Å². The molecular weight excluding hydrogens is 325 g/mol. The fourth-order valence-electron chi connectivity index (χ4n) is 2.27. The smallest absolute Gasteiger partial charge is 0.216 e. The average molecular weight is 338 g/mol. The molecule has 3 aromatic rings. The van der Waals surface area contributed by atoms with Crippen LogP contribution in [-0.2, 0) is 11.9 Å². The standard InChI is InChI=1S/C15H13F3N4S/c1-9-7-10(2)22-13(19-9)20-14(21-22)23-8-11-5-3-4-6-12(11)15(16,17)18/h3-7H,8H2,1-2H3. The first-order valence-electron chi connectivity index (χ1n) is 6.83. The van der Waals surface area contributed by atoms with E-state index < -0.39 is 11.7 Å². The Hall–Kier alpha value is -2.09. The second kappa shape index (κ2) is 5.84. The zero-order valence-electron chi connectivity index (χ0n) is 12.4. The fraction of sp³-hybridized carbons (Fsp3) is 0.267. The molecule has 2 aromatic heterocycles. The number of hydrogen-bond donors (Lipinski definition) is 0. The molecule has 0 saturated heterocycles. The van der Waals surface area contributed by atoms with Crippen molar-refractivity contribution in [3.05, 3.63) is 52.8 Å². The lowest BCUT2D eigenvalue weighted by molar-refractivity contribution is -0.138. The largest absolute Gasteiger partial charge is 0.416 e. The van der Waals surface area contributed by atoms with Crippen LogP contribution in [0.4, 0.5) is 13.2 Å². The molecule has 0 aliphatic carbocycles. The van der Waals surface area contributed by atoms with Gasteiger partial charge in [0.15, 0.2) is 0 Å². The maximum absolute atomic E-state index is 13.0. The first-order chi connectivity index (χ1) is 10.8. The van der Waals surface area contributed by atoms with E-state index in [-0.39, 0.29) is 11.3 Å². The summed E-state index contributed by atoms with van der Waals surface area (Å²) in [6.45, 7) is 3.73. The molecule has 0 bridgehead atoms. The second-order valence-corrected chi connectivity index (χ2v) is 6.03. The number of rotatable bonds is 3. The SMILES string of the molecule is Cc1cc(C)n2nc(SCc3ccccc3C(F)(F)F)nc2n1. The monoisotopic (exact) mass is 338 g/mol. The quantitative estimate of drug-likeness (QED) is 0.676. The van der Waals surface area contributed by atoms with Crippen molar-refractivity contribution < 1.29 is 13.2 Å². The van der Waals surface area contributed by atoms with Crippen LogP contribution in [-0.4, -0.2) is 19.6 Å². The van der Waals surface area contributed by atoms with Gasteiger partial charge in [-0.25, -0.2) is 9.50 Å². The van der Waals surface area contributed by atoms with E-state index in [1.54, 1.807) is 10.6 Å². The minimum atomic E-state index is -4.36. The highest BCUT2D eigenvalue weighted by molar-refractivity contribution is 7.98. The highest BCUT2D eigenvalue weighted by Gasteiger charge is 2.32. The van der Waals surface area contributed by atoms with Crippen LogP contribution in [0, 0.1) is 13.8 Å². The van der Waals surface area contributed by atoms with Gasteiger partial charge in [0.25, 0.3) is 5.78 Å². The molecule has 0 aliphatic rings. The molecule has 4 nitrogen and oxygen atoms in total. The van der Waals surface area contributed by atoms with Gasteiger partial charge in [-0.2, -0.15) is 18.2 Å². The van der Waals surface area contributed by atoms with Crippen LogP contribution in [0.2, 0.25) is 0 Å². The summed E-state index contributed by atoms with van der Waals surface area (Å²) in [5.41, 5.74) is 1.29. The first kappa shape index (κ1) is 15.8. The van der Waals surface area contributed by atoms with Crippen molar-refractivity contribution in [1.29, 1.82) is 0 Å². The van der Waals surface area contributed by atoms with Gasteiger partial charge in [0, 0.05) is 17.1 Å². The van der Waals surface area contributed by atoms with E-state index in [1.165, 1.54) is 12.1 Å². The summed E-state index contributed by atoms with van der Waals surface area (Å²) in [5.74, 6) is 0.596. The molecular formula is C15H13F3N4S. The van der Waals surface area contributed by atoms with Crippen LogP contribution in [0.1, 0.15) is 22.5 Å². The fourth-order valence-corrected chi connectivity index (χ4v) is 3.10. The van der Waals surface area contributed by atoms with Crippen LogP contribution < -0.4 is 0 Å². The molecule has 120 valence electrons. The molecule has 0 atom stereocenters. The molecule has 3 rings (SSSR count). The second-order valence-electron chi connectivity index (χ2n) is 5.09. The minimum Gasteiger partial charge on any atom is -0.216 e. The highest BCUT2D eigenvalue weighted by atomic mass is 32.2. The molecule has 0 spiro atoms. The van der Waals surface area contributed by atoms with Crippen molar-refractivity contribution in [3.63, 3.8) is 0 Å². The lowest BCUT2D eigenvalue weighted by atomic mass is 10.1. The van der Waals surface area contributed by atoms with Crippen LogP contribution in [0.3, 0.4) is 0 Å². The van der Waals surface area contributed by atoms with E-state index in [2.05, 4.69) is 15.1 Å². The van der Waals surface area contributed by atoms with Gasteiger partial charge >= 0.3 is 6.18 Å². The Kier molecular flexibility index (Phi) is 4.01. The lowest BCUT2D eigenvalue weighted by Crippen LogP contribution is -2.08. The Morgan fingerprint density at radius 1 is 1.13 bits per heavy atom. The van der Waals surface area contributed by atoms with Gasteiger partial charge in [-0.05, 0) is 31.5 Å². The predicted octanol–water partition coefficient (Wildman–Crippen LogP) is 4.05. The predicted molar refractivity (Wildman–Crippen MR) is 81.3 cm³/mol. The third-order valence-corrected chi connectivity index (χ3v) is 4.16. The van der Waals surface area contributed by atoms with Crippen molar-refractivity contribution in [3.8, 4) is 0 Å². The van der Waals surface area contributed by atoms with E-state index in [1.807, 2.05) is 19.9 Å². The molecule has 8 heteroatoms. The molecule has 0 fully saturated rings. The first-order valence-corrected chi connectivity index (χ1v) is 7.82. The Bertz CT molecular complexity index is 858. The Labute approximate surface area is 134 Å². The lowest BCUT2D eigenvalue weighted by Gasteiger charge is -2.11. The number of aromatic nitrogens is 4. The van der Waals surface area contributed by atoms with Crippen LogP contribution in [0.25, 0.3) is 5.78 Å². The number of hydrogen-bond acceptors (Lipinski definition) is 4. The topological polar surface area (TPSA) is 43.1 Å². The zero-order valence-corrected chi connectivity index (χ0v) is 13.2. The van der Waals surface area contributed by atoms with Crippen LogP contribution in [0.5, 0.6) is 0 Å². The van der Waals surface area contributed by atoms with Gasteiger partial charge in [-0.15, -0.1) is 5.10 Å². The summed E-state index contributed by atoms with van der Waals surface area (Å²) in [6.07, 6.45) is -4.36. The van der Waals surface area contributed by atoms with Crippen LogP contribution in [0.15, 0.2) is 35.5 Å². The van der Waals surface area contributed by atoms with Crippen molar-refractivity contribution in [2.45, 2.75) is 30.9 Å². The Morgan fingerprint density at radius 3 is 2.61 bits per heavy atom. The molecule has 0 radical (unpaired) electrons. The summed E-state index contributed by atoms with van der Waals surface area (Å²) in [4.78, 5) is 8.53. The van der Waals surface area contributed by atoms with Gasteiger partial charge < -0.3 is 0 Å². The molecule has 0 unspecified atom stereocenters. The van der Waals surface area contributed by atoms with E-state index >= 15 is 0 Å². The van der Waals surface area contributed by atoms with Gasteiger partial charge in [0.2, 0.25) is 5.16 Å². The van der Waals surface area contributed by atoms with E-state index in [0.29, 0.717) is 10.9 Å². The molecule has 2 heterocycles. The zero-order chi connectivity index (χ0) is 16.6. The average Bonchev–Trinajstić information content (AvgIpc) is 2.87. The van der Waals surface area contributed by atoms with E-state index in [4.69, 9.17) is 0 Å². The molecule has 0 aliphatic heterocycles. The molecule has 23 heavy (non-hydrogen) atoms. The summed E-state index contributed by atoms with van der Waals surface area (Å²) >= 11 is 1.16. The van der Waals surface area contributed by atoms with Gasteiger partial charge in [0.05, 0.1) is 5.56 Å². The Balaban J connectivity index is 1.86. The summed E-state index contributed by atoms with van der Waals surface area (Å²) in [6, 6.07) is 7.41. The van der Waals surface area contributed by atoms with E-state index in [0.717, 1.165) is 29.2 Å². The molecule has 0 N–H and O–H groups in total.